The number of rotatable bonds is 3. The van der Waals surface area contributed by atoms with Crippen LogP contribution in [-0.4, -0.2) is 28.2 Å². The lowest BCUT2D eigenvalue weighted by molar-refractivity contribution is 0.426. The SMILES string of the molecule is Cn1cc(SCC2CO2)cn1. The summed E-state index contributed by atoms with van der Waals surface area (Å²) in [6, 6.07) is 0. The fourth-order valence-electron chi connectivity index (χ4n) is 0.827. The van der Waals surface area contributed by atoms with Gasteiger partial charge in [0, 0.05) is 23.9 Å². The van der Waals surface area contributed by atoms with Crippen LogP contribution in [0.25, 0.3) is 0 Å². The molecule has 0 aliphatic carbocycles. The van der Waals surface area contributed by atoms with Gasteiger partial charge in [-0.15, -0.1) is 11.8 Å². The quantitative estimate of drug-likeness (QED) is 0.499. The van der Waals surface area contributed by atoms with E-state index in [2.05, 4.69) is 5.10 Å². The number of aryl methyl sites for hydroxylation is 1. The Bertz CT molecular complexity index is 244. The molecule has 2 rings (SSSR count). The second-order valence-electron chi connectivity index (χ2n) is 2.62. The van der Waals surface area contributed by atoms with Gasteiger partial charge in [0.05, 0.1) is 18.9 Å². The van der Waals surface area contributed by atoms with Gasteiger partial charge >= 0.3 is 0 Å². The monoisotopic (exact) mass is 170 g/mol. The van der Waals surface area contributed by atoms with Crippen molar-refractivity contribution in [3.63, 3.8) is 0 Å². The number of thioether (sulfide) groups is 1. The maximum atomic E-state index is 5.09. The Morgan fingerprint density at radius 1 is 1.91 bits per heavy atom. The summed E-state index contributed by atoms with van der Waals surface area (Å²) in [5.41, 5.74) is 0. The number of aromatic nitrogens is 2. The maximum Gasteiger partial charge on any atom is 0.0903 e. The van der Waals surface area contributed by atoms with Crippen LogP contribution in [0.4, 0.5) is 0 Å². The second kappa shape index (κ2) is 2.87. The molecule has 1 unspecified atom stereocenters. The van der Waals surface area contributed by atoms with Crippen LogP contribution in [-0.2, 0) is 11.8 Å². The molecule has 0 N–H and O–H groups in total. The molecular formula is C7H10N2OS. The average Bonchev–Trinajstić information content (AvgIpc) is 2.72. The van der Waals surface area contributed by atoms with Crippen LogP contribution in [0.2, 0.25) is 0 Å². The van der Waals surface area contributed by atoms with E-state index in [4.69, 9.17) is 4.74 Å². The van der Waals surface area contributed by atoms with Crippen LogP contribution < -0.4 is 0 Å². The summed E-state index contributed by atoms with van der Waals surface area (Å²) in [4.78, 5) is 1.23. The van der Waals surface area contributed by atoms with Gasteiger partial charge in [-0.25, -0.2) is 0 Å². The molecule has 1 saturated heterocycles. The van der Waals surface area contributed by atoms with E-state index < -0.39 is 0 Å². The van der Waals surface area contributed by atoms with Gasteiger partial charge in [-0.1, -0.05) is 0 Å². The van der Waals surface area contributed by atoms with E-state index in [0.717, 1.165) is 12.4 Å². The fraction of sp³-hybridized carbons (Fsp3) is 0.571. The molecule has 0 saturated carbocycles. The highest BCUT2D eigenvalue weighted by molar-refractivity contribution is 7.99. The molecule has 1 aromatic heterocycles. The van der Waals surface area contributed by atoms with Gasteiger partial charge in [0.2, 0.25) is 0 Å². The first-order chi connectivity index (χ1) is 5.34. The molecule has 0 spiro atoms. The predicted molar refractivity (Wildman–Crippen MR) is 43.7 cm³/mol. The molecule has 60 valence electrons. The van der Waals surface area contributed by atoms with Crippen LogP contribution in [0.5, 0.6) is 0 Å². The van der Waals surface area contributed by atoms with Crippen molar-refractivity contribution < 1.29 is 4.74 Å². The van der Waals surface area contributed by atoms with Crippen molar-refractivity contribution >= 4 is 11.8 Å². The van der Waals surface area contributed by atoms with Crippen molar-refractivity contribution in [1.82, 2.24) is 9.78 Å². The number of ether oxygens (including phenoxy) is 1. The molecule has 1 aliphatic heterocycles. The van der Waals surface area contributed by atoms with Crippen LogP contribution in [0, 0.1) is 0 Å². The van der Waals surface area contributed by atoms with Gasteiger partial charge < -0.3 is 4.74 Å². The predicted octanol–water partition coefficient (Wildman–Crippen LogP) is 0.911. The highest BCUT2D eigenvalue weighted by atomic mass is 32.2. The minimum absolute atomic E-state index is 0.500. The molecule has 1 atom stereocenters. The Morgan fingerprint density at radius 2 is 2.73 bits per heavy atom. The Labute approximate surface area is 69.7 Å². The highest BCUT2D eigenvalue weighted by Gasteiger charge is 2.22. The first-order valence-electron chi connectivity index (χ1n) is 3.57. The normalized spacial score (nSPS) is 22.1. The second-order valence-corrected chi connectivity index (χ2v) is 3.71. The van der Waals surface area contributed by atoms with Gasteiger partial charge in [0.25, 0.3) is 0 Å². The van der Waals surface area contributed by atoms with E-state index in [0.29, 0.717) is 6.10 Å². The van der Waals surface area contributed by atoms with E-state index in [1.165, 1.54) is 4.90 Å². The van der Waals surface area contributed by atoms with E-state index in [9.17, 15) is 0 Å². The smallest absolute Gasteiger partial charge is 0.0903 e. The molecule has 0 radical (unpaired) electrons. The minimum atomic E-state index is 0.500. The zero-order valence-electron chi connectivity index (χ0n) is 6.36. The molecule has 2 heterocycles. The van der Waals surface area contributed by atoms with Crippen LogP contribution >= 0.6 is 11.8 Å². The summed E-state index contributed by atoms with van der Waals surface area (Å²) in [6.45, 7) is 0.938. The first-order valence-corrected chi connectivity index (χ1v) is 4.56. The molecular weight excluding hydrogens is 160 g/mol. The summed E-state index contributed by atoms with van der Waals surface area (Å²) in [6.07, 6.45) is 4.40. The summed E-state index contributed by atoms with van der Waals surface area (Å²) < 4.78 is 6.90. The molecule has 1 aromatic rings. The van der Waals surface area contributed by atoms with Gasteiger partial charge in [-0.05, 0) is 0 Å². The number of nitrogens with zero attached hydrogens (tertiary/aromatic N) is 2. The fourth-order valence-corrected chi connectivity index (χ4v) is 1.75. The molecule has 1 aliphatic rings. The highest BCUT2D eigenvalue weighted by Crippen LogP contribution is 2.22. The van der Waals surface area contributed by atoms with Gasteiger partial charge in [-0.2, -0.15) is 5.10 Å². The average molecular weight is 170 g/mol. The zero-order valence-corrected chi connectivity index (χ0v) is 7.17. The molecule has 0 bridgehead atoms. The molecule has 0 amide bonds. The largest absolute Gasteiger partial charge is 0.372 e. The number of hydrogen-bond acceptors (Lipinski definition) is 3. The maximum absolute atomic E-state index is 5.09. The Balaban J connectivity index is 1.85. The van der Waals surface area contributed by atoms with Crippen molar-refractivity contribution in [2.45, 2.75) is 11.0 Å². The molecule has 0 aromatic carbocycles. The Kier molecular flexibility index (Phi) is 1.87. The lowest BCUT2D eigenvalue weighted by atomic mass is 10.6. The standard InChI is InChI=1S/C7H10N2OS/c1-9-3-7(2-8-9)11-5-6-4-10-6/h2-3,6H,4-5H2,1H3. The molecule has 11 heavy (non-hydrogen) atoms. The third kappa shape index (κ3) is 1.97. The van der Waals surface area contributed by atoms with Crippen LogP contribution in [0.1, 0.15) is 0 Å². The van der Waals surface area contributed by atoms with E-state index in [1.54, 1.807) is 11.8 Å². The van der Waals surface area contributed by atoms with Crippen molar-refractivity contribution in [2.75, 3.05) is 12.4 Å². The lowest BCUT2D eigenvalue weighted by Crippen LogP contribution is -1.87. The summed E-state index contributed by atoms with van der Waals surface area (Å²) in [5, 5.41) is 4.07. The van der Waals surface area contributed by atoms with Crippen molar-refractivity contribution in [2.24, 2.45) is 7.05 Å². The third-order valence-electron chi connectivity index (χ3n) is 1.52. The van der Waals surface area contributed by atoms with Crippen LogP contribution in [0.15, 0.2) is 17.3 Å². The first kappa shape index (κ1) is 7.18. The van der Waals surface area contributed by atoms with Crippen molar-refractivity contribution in [1.29, 1.82) is 0 Å². The van der Waals surface area contributed by atoms with Gasteiger partial charge in [0.15, 0.2) is 0 Å². The van der Waals surface area contributed by atoms with Gasteiger partial charge in [0.1, 0.15) is 0 Å². The lowest BCUT2D eigenvalue weighted by Gasteiger charge is -1.90. The van der Waals surface area contributed by atoms with E-state index >= 15 is 0 Å². The Morgan fingerprint density at radius 3 is 3.27 bits per heavy atom. The Hall–Kier alpha value is -0.480. The summed E-state index contributed by atoms with van der Waals surface area (Å²) in [7, 11) is 1.93. The van der Waals surface area contributed by atoms with E-state index in [-0.39, 0.29) is 0 Å². The molecule has 1 fully saturated rings. The molecule has 4 heteroatoms. The van der Waals surface area contributed by atoms with Crippen molar-refractivity contribution in [3.8, 4) is 0 Å². The molecule has 3 nitrogen and oxygen atoms in total. The number of epoxide rings is 1. The minimum Gasteiger partial charge on any atom is -0.372 e. The zero-order chi connectivity index (χ0) is 7.68. The van der Waals surface area contributed by atoms with Gasteiger partial charge in [-0.3, -0.25) is 4.68 Å². The number of hydrogen-bond donors (Lipinski definition) is 0. The van der Waals surface area contributed by atoms with Crippen molar-refractivity contribution in [3.05, 3.63) is 12.4 Å². The summed E-state index contributed by atoms with van der Waals surface area (Å²) in [5.74, 6) is 1.06. The summed E-state index contributed by atoms with van der Waals surface area (Å²) >= 11 is 1.80. The van der Waals surface area contributed by atoms with E-state index in [1.807, 2.05) is 24.1 Å². The topological polar surface area (TPSA) is 30.4 Å². The third-order valence-corrected chi connectivity index (χ3v) is 2.60. The van der Waals surface area contributed by atoms with Crippen LogP contribution in [0.3, 0.4) is 0 Å².